The first-order chi connectivity index (χ1) is 11.9. The van der Waals surface area contributed by atoms with E-state index in [1.54, 1.807) is 12.1 Å². The quantitative estimate of drug-likeness (QED) is 0.903. The molecule has 2 aromatic carbocycles. The van der Waals surface area contributed by atoms with Gasteiger partial charge in [0.2, 0.25) is 5.91 Å². The van der Waals surface area contributed by atoms with E-state index in [-0.39, 0.29) is 36.8 Å². The lowest BCUT2D eigenvalue weighted by Crippen LogP contribution is -2.26. The van der Waals surface area contributed by atoms with Crippen molar-refractivity contribution in [3.63, 3.8) is 0 Å². The van der Waals surface area contributed by atoms with Gasteiger partial charge in [-0.1, -0.05) is 12.1 Å². The van der Waals surface area contributed by atoms with Gasteiger partial charge in [0.1, 0.15) is 18.2 Å². The monoisotopic (exact) mass is 347 g/mol. The topological polar surface area (TPSA) is 66.8 Å². The van der Waals surface area contributed by atoms with E-state index in [4.69, 9.17) is 9.84 Å². The number of carbonyl (C=O) groups is 2. The summed E-state index contributed by atoms with van der Waals surface area (Å²) in [4.78, 5) is 24.0. The van der Waals surface area contributed by atoms with E-state index >= 15 is 0 Å². The number of carbonyl (C=O) groups excluding carboxylic acids is 1. The lowest BCUT2D eigenvalue weighted by Gasteiger charge is -2.17. The Morgan fingerprint density at radius 3 is 2.68 bits per heavy atom. The Hall–Kier alpha value is -2.96. The van der Waals surface area contributed by atoms with E-state index in [1.807, 2.05) is 0 Å². The van der Waals surface area contributed by atoms with Crippen molar-refractivity contribution in [3.05, 3.63) is 59.7 Å². The molecule has 1 fully saturated rings. The van der Waals surface area contributed by atoms with Crippen molar-refractivity contribution in [1.29, 1.82) is 0 Å². The summed E-state index contributed by atoms with van der Waals surface area (Å²) in [6.45, 7) is 0.00879. The smallest absolute Gasteiger partial charge is 0.308 e. The minimum atomic E-state index is -1.08. The first-order valence-corrected chi connectivity index (χ1v) is 7.64. The van der Waals surface area contributed by atoms with Crippen LogP contribution >= 0.6 is 0 Å². The zero-order valence-corrected chi connectivity index (χ0v) is 13.1. The number of hydrogen-bond acceptors (Lipinski definition) is 3. The Morgan fingerprint density at radius 1 is 1.24 bits per heavy atom. The third kappa shape index (κ3) is 3.76. The average Bonchev–Trinajstić information content (AvgIpc) is 2.95. The fourth-order valence-electron chi connectivity index (χ4n) is 2.70. The van der Waals surface area contributed by atoms with Crippen molar-refractivity contribution < 1.29 is 28.2 Å². The van der Waals surface area contributed by atoms with Crippen LogP contribution in [0.25, 0.3) is 0 Å². The zero-order chi connectivity index (χ0) is 18.0. The minimum Gasteiger partial charge on any atom is -0.489 e. The summed E-state index contributed by atoms with van der Waals surface area (Å²) in [6.07, 6.45) is -0.146. The van der Waals surface area contributed by atoms with Crippen LogP contribution in [0.4, 0.5) is 14.5 Å². The summed E-state index contributed by atoms with van der Waals surface area (Å²) < 4.78 is 32.9. The van der Waals surface area contributed by atoms with Crippen LogP contribution < -0.4 is 9.64 Å². The molecule has 5 nitrogen and oxygen atoms in total. The van der Waals surface area contributed by atoms with Gasteiger partial charge in [0.25, 0.3) is 0 Å². The van der Waals surface area contributed by atoms with Crippen LogP contribution in [0.1, 0.15) is 12.0 Å². The van der Waals surface area contributed by atoms with Crippen LogP contribution in [0.5, 0.6) is 5.75 Å². The number of nitrogens with zero attached hydrogens (tertiary/aromatic N) is 1. The number of hydrogen-bond donors (Lipinski definition) is 1. The van der Waals surface area contributed by atoms with Gasteiger partial charge in [0.15, 0.2) is 5.82 Å². The number of ether oxygens (including phenoxy) is 1. The van der Waals surface area contributed by atoms with Crippen molar-refractivity contribution in [3.8, 4) is 5.75 Å². The number of halogens is 2. The molecule has 1 heterocycles. The Labute approximate surface area is 142 Å². The fourth-order valence-corrected chi connectivity index (χ4v) is 2.70. The van der Waals surface area contributed by atoms with Crippen LogP contribution in [0.3, 0.4) is 0 Å². The molecular formula is C18H15F2NO4. The van der Waals surface area contributed by atoms with E-state index in [2.05, 4.69) is 0 Å². The van der Waals surface area contributed by atoms with Gasteiger partial charge >= 0.3 is 5.97 Å². The summed E-state index contributed by atoms with van der Waals surface area (Å²) in [5.41, 5.74) is 0.621. The summed E-state index contributed by atoms with van der Waals surface area (Å²) in [6, 6.07) is 9.85. The molecule has 0 aliphatic carbocycles. The molecule has 0 saturated carbocycles. The molecule has 130 valence electrons. The molecule has 1 N–H and O–H groups in total. The predicted octanol–water partition coefficient (Wildman–Crippen LogP) is 2.98. The predicted molar refractivity (Wildman–Crippen MR) is 85.2 cm³/mol. The van der Waals surface area contributed by atoms with E-state index in [0.717, 1.165) is 11.0 Å². The standard InChI is InChI=1S/C18H15F2NO4/c19-13-3-1-2-11(6-13)10-25-14-4-5-16(15(20)8-14)21-9-12(18(23)24)7-17(21)22/h1-6,8,12H,7,9-10H2,(H,23,24). The van der Waals surface area contributed by atoms with Crippen LogP contribution in [0.2, 0.25) is 0 Å². The Kier molecular flexibility index (Phi) is 4.65. The van der Waals surface area contributed by atoms with Crippen LogP contribution in [0.15, 0.2) is 42.5 Å². The van der Waals surface area contributed by atoms with Gasteiger partial charge in [-0.25, -0.2) is 8.78 Å². The molecule has 1 amide bonds. The molecule has 0 bridgehead atoms. The van der Waals surface area contributed by atoms with Crippen molar-refractivity contribution in [1.82, 2.24) is 0 Å². The molecule has 1 aliphatic heterocycles. The van der Waals surface area contributed by atoms with Crippen molar-refractivity contribution >= 4 is 17.6 Å². The van der Waals surface area contributed by atoms with Gasteiger partial charge in [-0.15, -0.1) is 0 Å². The Bertz CT molecular complexity index is 824. The SMILES string of the molecule is O=C(O)C1CC(=O)N(c2ccc(OCc3cccc(F)c3)cc2F)C1. The van der Waals surface area contributed by atoms with E-state index < -0.39 is 23.6 Å². The van der Waals surface area contributed by atoms with Crippen molar-refractivity contribution in [2.75, 3.05) is 11.4 Å². The maximum absolute atomic E-state index is 14.3. The van der Waals surface area contributed by atoms with Crippen molar-refractivity contribution in [2.24, 2.45) is 5.92 Å². The van der Waals surface area contributed by atoms with Crippen LogP contribution in [-0.4, -0.2) is 23.5 Å². The van der Waals surface area contributed by atoms with Gasteiger partial charge in [-0.05, 0) is 29.8 Å². The van der Waals surface area contributed by atoms with Gasteiger partial charge in [-0.2, -0.15) is 0 Å². The number of benzene rings is 2. The molecule has 2 aromatic rings. The molecule has 7 heteroatoms. The maximum atomic E-state index is 14.3. The highest BCUT2D eigenvalue weighted by atomic mass is 19.1. The highest BCUT2D eigenvalue weighted by Crippen LogP contribution is 2.30. The zero-order valence-electron chi connectivity index (χ0n) is 13.1. The van der Waals surface area contributed by atoms with E-state index in [1.165, 1.54) is 24.3 Å². The first kappa shape index (κ1) is 16.9. The molecular weight excluding hydrogens is 332 g/mol. The molecule has 0 aromatic heterocycles. The number of anilines is 1. The Morgan fingerprint density at radius 2 is 2.04 bits per heavy atom. The number of rotatable bonds is 5. The van der Waals surface area contributed by atoms with Crippen molar-refractivity contribution in [2.45, 2.75) is 13.0 Å². The van der Waals surface area contributed by atoms with Crippen LogP contribution in [-0.2, 0) is 16.2 Å². The largest absolute Gasteiger partial charge is 0.489 e. The molecule has 1 unspecified atom stereocenters. The molecule has 0 radical (unpaired) electrons. The molecule has 3 rings (SSSR count). The third-order valence-corrected chi connectivity index (χ3v) is 3.98. The molecule has 0 spiro atoms. The Balaban J connectivity index is 1.71. The number of carboxylic acid groups (broad SMARTS) is 1. The van der Waals surface area contributed by atoms with E-state index in [9.17, 15) is 18.4 Å². The summed E-state index contributed by atoms with van der Waals surface area (Å²) in [7, 11) is 0. The van der Waals surface area contributed by atoms with Crippen LogP contribution in [0, 0.1) is 17.6 Å². The second-order valence-electron chi connectivity index (χ2n) is 5.78. The number of aliphatic carboxylic acids is 1. The van der Waals surface area contributed by atoms with Gasteiger partial charge < -0.3 is 14.7 Å². The highest BCUT2D eigenvalue weighted by molar-refractivity contribution is 5.99. The average molecular weight is 347 g/mol. The summed E-state index contributed by atoms with van der Waals surface area (Å²) in [5.74, 6) is -3.19. The minimum absolute atomic E-state index is 0.0202. The number of carboxylic acids is 1. The fraction of sp³-hybridized carbons (Fsp3) is 0.222. The normalized spacial score (nSPS) is 17.0. The van der Waals surface area contributed by atoms with Gasteiger partial charge in [-0.3, -0.25) is 9.59 Å². The number of amides is 1. The second-order valence-corrected chi connectivity index (χ2v) is 5.78. The van der Waals surface area contributed by atoms with E-state index in [0.29, 0.717) is 5.56 Å². The summed E-state index contributed by atoms with van der Waals surface area (Å²) >= 11 is 0. The maximum Gasteiger partial charge on any atom is 0.308 e. The molecule has 1 aliphatic rings. The summed E-state index contributed by atoms with van der Waals surface area (Å²) in [5, 5.41) is 8.99. The second kappa shape index (κ2) is 6.88. The lowest BCUT2D eigenvalue weighted by molar-refractivity contribution is -0.141. The van der Waals surface area contributed by atoms with Gasteiger partial charge in [0, 0.05) is 19.0 Å². The first-order valence-electron chi connectivity index (χ1n) is 7.64. The lowest BCUT2D eigenvalue weighted by atomic mass is 10.1. The van der Waals surface area contributed by atoms with Gasteiger partial charge in [0.05, 0.1) is 11.6 Å². The third-order valence-electron chi connectivity index (χ3n) is 3.98. The molecule has 25 heavy (non-hydrogen) atoms. The highest BCUT2D eigenvalue weighted by Gasteiger charge is 2.36. The molecule has 1 atom stereocenters. The molecule has 1 saturated heterocycles.